The van der Waals surface area contributed by atoms with Crippen molar-refractivity contribution in [3.63, 3.8) is 0 Å². The number of fused-ring (bicyclic) bond motifs is 1. The fraction of sp³-hybridized carbons (Fsp3) is 0.250. The minimum absolute atomic E-state index is 0.0804. The van der Waals surface area contributed by atoms with Crippen LogP contribution in [-0.4, -0.2) is 16.6 Å². The van der Waals surface area contributed by atoms with Crippen LogP contribution in [0.2, 0.25) is 0 Å². The number of aromatic amines is 1. The van der Waals surface area contributed by atoms with Gasteiger partial charge in [-0.25, -0.2) is 5.43 Å². The molecular formula is C16H15N3O. The van der Waals surface area contributed by atoms with Crippen molar-refractivity contribution < 1.29 is 4.79 Å². The van der Waals surface area contributed by atoms with E-state index < -0.39 is 0 Å². The van der Waals surface area contributed by atoms with E-state index in [-0.39, 0.29) is 11.3 Å². The molecule has 0 bridgehead atoms. The Balaban J connectivity index is 1.78. The monoisotopic (exact) mass is 265 g/mol. The van der Waals surface area contributed by atoms with E-state index in [2.05, 4.69) is 34.6 Å². The molecule has 0 spiro atoms. The molecule has 4 nitrogen and oxygen atoms in total. The highest BCUT2D eigenvalue weighted by Crippen LogP contribution is 2.49. The number of para-hydroxylation sites is 1. The maximum absolute atomic E-state index is 12.0. The van der Waals surface area contributed by atoms with Gasteiger partial charge < -0.3 is 4.98 Å². The van der Waals surface area contributed by atoms with Gasteiger partial charge in [0.2, 0.25) is 0 Å². The number of hydrogen-bond acceptors (Lipinski definition) is 2. The lowest BCUT2D eigenvalue weighted by molar-refractivity contribution is -0.116. The average molecular weight is 265 g/mol. The van der Waals surface area contributed by atoms with Crippen LogP contribution in [0.25, 0.3) is 17.0 Å². The van der Waals surface area contributed by atoms with Crippen LogP contribution in [0, 0.1) is 5.41 Å². The summed E-state index contributed by atoms with van der Waals surface area (Å²) in [5, 5.41) is 5.36. The number of hydrogen-bond donors (Lipinski definition) is 2. The topological polar surface area (TPSA) is 57.2 Å². The summed E-state index contributed by atoms with van der Waals surface area (Å²) < 4.78 is 0. The van der Waals surface area contributed by atoms with Gasteiger partial charge in [-0.3, -0.25) is 4.79 Å². The lowest BCUT2D eigenvalue weighted by Crippen LogP contribution is -2.17. The van der Waals surface area contributed by atoms with Gasteiger partial charge in [0.1, 0.15) is 0 Å². The molecule has 0 saturated heterocycles. The number of amides is 1. The zero-order chi connectivity index (χ0) is 13.7. The molecule has 2 N–H and O–H groups in total. The Kier molecular flexibility index (Phi) is 2.19. The molecule has 0 radical (unpaired) electrons. The van der Waals surface area contributed by atoms with E-state index in [1.54, 1.807) is 0 Å². The number of benzene rings is 1. The summed E-state index contributed by atoms with van der Waals surface area (Å²) in [4.78, 5) is 15.3. The normalized spacial score (nSPS) is 22.1. The van der Waals surface area contributed by atoms with Gasteiger partial charge in [-0.2, -0.15) is 5.10 Å². The molecular weight excluding hydrogens is 250 g/mol. The molecule has 1 aromatic heterocycles. The average Bonchev–Trinajstić information content (AvgIpc) is 2.90. The number of nitrogens with zero attached hydrogens (tertiary/aromatic N) is 1. The second-order valence-electron chi connectivity index (χ2n) is 5.83. The van der Waals surface area contributed by atoms with Gasteiger partial charge >= 0.3 is 0 Å². The van der Waals surface area contributed by atoms with E-state index in [1.165, 1.54) is 0 Å². The molecule has 1 aromatic carbocycles. The van der Waals surface area contributed by atoms with Crippen molar-refractivity contribution in [2.75, 3.05) is 0 Å². The van der Waals surface area contributed by atoms with Crippen LogP contribution in [-0.2, 0) is 4.79 Å². The molecule has 0 atom stereocenters. The fourth-order valence-corrected chi connectivity index (χ4v) is 2.68. The number of hydrazone groups is 1. The van der Waals surface area contributed by atoms with Gasteiger partial charge in [0.05, 0.1) is 11.3 Å². The molecule has 0 unspecified atom stereocenters. The maximum atomic E-state index is 12.0. The summed E-state index contributed by atoms with van der Waals surface area (Å²) in [5.41, 5.74) is 6.28. The minimum atomic E-state index is -0.105. The van der Waals surface area contributed by atoms with Crippen LogP contribution in [0.15, 0.2) is 41.0 Å². The van der Waals surface area contributed by atoms with Gasteiger partial charge in [-0.05, 0) is 36.4 Å². The molecule has 100 valence electrons. The van der Waals surface area contributed by atoms with E-state index in [1.807, 2.05) is 24.3 Å². The lowest BCUT2D eigenvalue weighted by atomic mass is 9.95. The van der Waals surface area contributed by atoms with Crippen molar-refractivity contribution in [1.29, 1.82) is 0 Å². The summed E-state index contributed by atoms with van der Waals surface area (Å²) in [7, 11) is 0. The van der Waals surface area contributed by atoms with Crippen LogP contribution in [0.1, 0.15) is 25.5 Å². The molecule has 2 aromatic rings. The Bertz CT molecular complexity index is 745. The van der Waals surface area contributed by atoms with Crippen LogP contribution >= 0.6 is 0 Å². The van der Waals surface area contributed by atoms with Crippen LogP contribution < -0.4 is 5.43 Å². The van der Waals surface area contributed by atoms with Gasteiger partial charge in [0.15, 0.2) is 0 Å². The standard InChI is InChI=1S/C16H15N3O/c1-16(6-7-16)14-12(15(20)19-18-14)9-11-8-10-4-2-3-5-13(10)17-11/h2-5,8-9,17H,6-7H2,1H3,(H,19,20). The number of carbonyl (C=O) groups excluding carboxylic acids is 1. The van der Waals surface area contributed by atoms with Crippen molar-refractivity contribution in [2.24, 2.45) is 10.5 Å². The number of rotatable bonds is 2. The van der Waals surface area contributed by atoms with E-state index in [0.717, 1.165) is 35.2 Å². The highest BCUT2D eigenvalue weighted by molar-refractivity contribution is 6.29. The third-order valence-electron chi connectivity index (χ3n) is 4.19. The smallest absolute Gasteiger partial charge is 0.273 e. The first kappa shape index (κ1) is 11.5. The van der Waals surface area contributed by atoms with Crippen molar-refractivity contribution in [3.8, 4) is 0 Å². The first-order chi connectivity index (χ1) is 9.66. The number of nitrogens with one attached hydrogen (secondary N) is 2. The molecule has 1 fully saturated rings. The molecule has 4 rings (SSSR count). The number of carbonyl (C=O) groups is 1. The third kappa shape index (κ3) is 1.68. The molecule has 1 aliphatic heterocycles. The summed E-state index contributed by atoms with van der Waals surface area (Å²) in [5.74, 6) is -0.105. The van der Waals surface area contributed by atoms with Gasteiger partial charge in [0.25, 0.3) is 5.91 Å². The number of H-pyrrole nitrogens is 1. The molecule has 1 saturated carbocycles. The summed E-state index contributed by atoms with van der Waals surface area (Å²) in [6.45, 7) is 2.16. The van der Waals surface area contributed by atoms with Crippen molar-refractivity contribution in [1.82, 2.24) is 10.4 Å². The molecule has 2 aliphatic rings. The van der Waals surface area contributed by atoms with E-state index in [4.69, 9.17) is 0 Å². The van der Waals surface area contributed by atoms with E-state index >= 15 is 0 Å². The van der Waals surface area contributed by atoms with Crippen molar-refractivity contribution in [2.45, 2.75) is 19.8 Å². The first-order valence-electron chi connectivity index (χ1n) is 6.84. The minimum Gasteiger partial charge on any atom is -0.355 e. The Morgan fingerprint density at radius 2 is 2.10 bits per heavy atom. The van der Waals surface area contributed by atoms with Crippen molar-refractivity contribution >= 4 is 28.6 Å². The van der Waals surface area contributed by atoms with Crippen molar-refractivity contribution in [3.05, 3.63) is 41.6 Å². The van der Waals surface area contributed by atoms with Gasteiger partial charge in [0, 0.05) is 16.6 Å². The second kappa shape index (κ2) is 3.82. The van der Waals surface area contributed by atoms with Crippen LogP contribution in [0.4, 0.5) is 0 Å². The molecule has 20 heavy (non-hydrogen) atoms. The van der Waals surface area contributed by atoms with Gasteiger partial charge in [-0.15, -0.1) is 0 Å². The highest BCUT2D eigenvalue weighted by Gasteiger charge is 2.47. The quantitative estimate of drug-likeness (QED) is 0.806. The summed E-state index contributed by atoms with van der Waals surface area (Å²) >= 11 is 0. The van der Waals surface area contributed by atoms with Gasteiger partial charge in [-0.1, -0.05) is 25.1 Å². The zero-order valence-electron chi connectivity index (χ0n) is 11.2. The van der Waals surface area contributed by atoms with E-state index in [0.29, 0.717) is 5.57 Å². The Morgan fingerprint density at radius 3 is 2.85 bits per heavy atom. The first-order valence-corrected chi connectivity index (χ1v) is 6.84. The SMILES string of the molecule is CC1(C2=NNC(=O)C2=Cc2cc3ccccc3[nH]2)CC1. The molecule has 4 heteroatoms. The predicted molar refractivity (Wildman–Crippen MR) is 79.2 cm³/mol. The second-order valence-corrected chi connectivity index (χ2v) is 5.83. The maximum Gasteiger partial charge on any atom is 0.273 e. The molecule has 1 aliphatic carbocycles. The summed E-state index contributed by atoms with van der Waals surface area (Å²) in [6.07, 6.45) is 4.11. The molecule has 1 amide bonds. The molecule has 2 heterocycles. The van der Waals surface area contributed by atoms with E-state index in [9.17, 15) is 4.79 Å². The fourth-order valence-electron chi connectivity index (χ4n) is 2.68. The predicted octanol–water partition coefficient (Wildman–Crippen LogP) is 2.84. The summed E-state index contributed by atoms with van der Waals surface area (Å²) in [6, 6.07) is 10.1. The van der Waals surface area contributed by atoms with Crippen LogP contribution in [0.5, 0.6) is 0 Å². The zero-order valence-corrected chi connectivity index (χ0v) is 11.2. The highest BCUT2D eigenvalue weighted by atomic mass is 16.2. The lowest BCUT2D eigenvalue weighted by Gasteiger charge is -2.07. The Labute approximate surface area is 116 Å². The Morgan fingerprint density at radius 1 is 1.30 bits per heavy atom. The van der Waals surface area contributed by atoms with Crippen LogP contribution in [0.3, 0.4) is 0 Å². The third-order valence-corrected chi connectivity index (χ3v) is 4.19. The number of aromatic nitrogens is 1. The Hall–Kier alpha value is -2.36. The largest absolute Gasteiger partial charge is 0.355 e.